The molecule has 0 radical (unpaired) electrons. The highest BCUT2D eigenvalue weighted by Gasteiger charge is 2.48. The van der Waals surface area contributed by atoms with Crippen molar-refractivity contribution in [2.75, 3.05) is 31.3 Å². The Morgan fingerprint density at radius 1 is 1.02 bits per heavy atom. The minimum absolute atomic E-state index is 0.00990. The predicted octanol–water partition coefficient (Wildman–Crippen LogP) is 6.38. The van der Waals surface area contributed by atoms with Gasteiger partial charge in [-0.3, -0.25) is 19.3 Å². The molecule has 9 nitrogen and oxygen atoms in total. The predicted molar refractivity (Wildman–Crippen MR) is 180 cm³/mol. The van der Waals surface area contributed by atoms with Gasteiger partial charge in [-0.1, -0.05) is 51.0 Å². The lowest BCUT2D eigenvalue weighted by Gasteiger charge is -2.35. The summed E-state index contributed by atoms with van der Waals surface area (Å²) in [6.45, 7) is 7.13. The Morgan fingerprint density at radius 3 is 2.48 bits per heavy atom. The first kappa shape index (κ1) is 33.5. The van der Waals surface area contributed by atoms with E-state index in [4.69, 9.17) is 9.47 Å². The van der Waals surface area contributed by atoms with Crippen LogP contribution in [0, 0.1) is 18.7 Å². The first-order chi connectivity index (χ1) is 23.2. The Kier molecular flexibility index (Phi) is 10.0. The number of benzene rings is 3. The third kappa shape index (κ3) is 6.63. The molecular formula is C38H44FN3O6. The van der Waals surface area contributed by atoms with E-state index in [1.54, 1.807) is 34.9 Å². The number of hydrogen-bond acceptors (Lipinski definition) is 6. The van der Waals surface area contributed by atoms with Crippen molar-refractivity contribution in [3.8, 4) is 11.5 Å². The van der Waals surface area contributed by atoms with E-state index in [0.717, 1.165) is 36.8 Å². The van der Waals surface area contributed by atoms with Crippen molar-refractivity contribution >= 4 is 23.5 Å². The van der Waals surface area contributed by atoms with Crippen molar-refractivity contribution in [1.82, 2.24) is 9.80 Å². The van der Waals surface area contributed by atoms with Gasteiger partial charge in [0.1, 0.15) is 5.82 Å². The molecule has 3 atom stereocenters. The molecule has 6 rings (SSSR count). The van der Waals surface area contributed by atoms with E-state index < -0.39 is 23.8 Å². The fraction of sp³-hybridized carbons (Fsp3) is 0.447. The number of anilines is 1. The van der Waals surface area contributed by atoms with Crippen LogP contribution in [-0.2, 0) is 16.1 Å². The summed E-state index contributed by atoms with van der Waals surface area (Å²) < 4.78 is 25.5. The largest absolute Gasteiger partial charge is 0.481 e. The number of carboxylic acid groups (broad SMARTS) is 1. The minimum atomic E-state index is -0.950. The van der Waals surface area contributed by atoms with Crippen LogP contribution in [0.25, 0.3) is 0 Å². The highest BCUT2D eigenvalue weighted by Crippen LogP contribution is 2.43. The van der Waals surface area contributed by atoms with E-state index in [0.29, 0.717) is 54.4 Å². The van der Waals surface area contributed by atoms with E-state index in [-0.39, 0.29) is 37.0 Å². The summed E-state index contributed by atoms with van der Waals surface area (Å²) in [5.74, 6) is -1.57. The van der Waals surface area contributed by atoms with Gasteiger partial charge in [0.05, 0.1) is 12.5 Å². The standard InChI is InChI=1S/C38H44FN3O6/c1-4-8-27(9-5-2)42(28-13-14-31(39)24(3)18-28)35(43)22-41-21-30(25-12-15-33-34(19-25)48-23-47-33)36(38(45)46)32(41)16-17-40-20-26-10-6-7-11-29(26)37(40)44/h6-7,10-15,18-19,27,30,32,36H,4-5,8-9,16-17,20-23H2,1-3H3,(H,45,46)/t30-,32+,36-/m1/s1. The van der Waals surface area contributed by atoms with Crippen LogP contribution in [0.15, 0.2) is 60.7 Å². The smallest absolute Gasteiger partial charge is 0.308 e. The third-order valence-corrected chi connectivity index (χ3v) is 10.1. The van der Waals surface area contributed by atoms with Crippen LogP contribution < -0.4 is 14.4 Å². The number of aryl methyl sites for hydroxylation is 1. The normalized spacial score (nSPS) is 20.1. The summed E-state index contributed by atoms with van der Waals surface area (Å²) in [6.07, 6.45) is 3.71. The van der Waals surface area contributed by atoms with E-state index in [1.807, 2.05) is 41.3 Å². The summed E-state index contributed by atoms with van der Waals surface area (Å²) in [7, 11) is 0. The zero-order valence-corrected chi connectivity index (χ0v) is 27.9. The number of carbonyl (C=O) groups is 3. The van der Waals surface area contributed by atoms with E-state index in [9.17, 15) is 23.9 Å². The quantitative estimate of drug-likeness (QED) is 0.228. The molecule has 10 heteroatoms. The van der Waals surface area contributed by atoms with Gasteiger partial charge in [-0.25, -0.2) is 4.39 Å². The molecule has 254 valence electrons. The fourth-order valence-electron chi connectivity index (χ4n) is 7.77. The number of carbonyl (C=O) groups excluding carboxylic acids is 2. The second-order valence-electron chi connectivity index (χ2n) is 13.2. The average Bonchev–Trinajstić information content (AvgIpc) is 3.77. The Balaban J connectivity index is 1.32. The van der Waals surface area contributed by atoms with Crippen molar-refractivity contribution < 1.29 is 33.4 Å². The molecule has 0 spiro atoms. The maximum atomic E-state index is 14.5. The number of fused-ring (bicyclic) bond motifs is 2. The molecule has 0 aromatic heterocycles. The van der Waals surface area contributed by atoms with Crippen LogP contribution in [0.1, 0.15) is 78.9 Å². The SMILES string of the molecule is CCCC(CCC)N(C(=O)CN1C[C@H](c2ccc3c(c2)OCO3)[C@@H](C(=O)O)[C@@H]1CCN1Cc2ccccc2C1=O)c1ccc(F)c(C)c1. The number of ether oxygens (including phenoxy) is 2. The molecule has 48 heavy (non-hydrogen) atoms. The van der Waals surface area contributed by atoms with Gasteiger partial charge in [-0.15, -0.1) is 0 Å². The molecular weight excluding hydrogens is 613 g/mol. The maximum Gasteiger partial charge on any atom is 0.308 e. The fourth-order valence-corrected chi connectivity index (χ4v) is 7.77. The van der Waals surface area contributed by atoms with Gasteiger partial charge in [-0.05, 0) is 79.3 Å². The summed E-state index contributed by atoms with van der Waals surface area (Å²) in [4.78, 5) is 46.4. The summed E-state index contributed by atoms with van der Waals surface area (Å²) >= 11 is 0. The van der Waals surface area contributed by atoms with Crippen LogP contribution in [0.3, 0.4) is 0 Å². The highest BCUT2D eigenvalue weighted by molar-refractivity contribution is 5.98. The maximum absolute atomic E-state index is 14.5. The molecule has 3 aliphatic heterocycles. The first-order valence-corrected chi connectivity index (χ1v) is 17.0. The van der Waals surface area contributed by atoms with Crippen LogP contribution in [0.2, 0.25) is 0 Å². The minimum Gasteiger partial charge on any atom is -0.481 e. The zero-order chi connectivity index (χ0) is 33.9. The lowest BCUT2D eigenvalue weighted by molar-refractivity contribution is -0.143. The molecule has 0 bridgehead atoms. The number of likely N-dealkylation sites (tertiary alicyclic amines) is 1. The van der Waals surface area contributed by atoms with Crippen LogP contribution in [-0.4, -0.2) is 71.2 Å². The van der Waals surface area contributed by atoms with Gasteiger partial charge in [-0.2, -0.15) is 0 Å². The molecule has 1 N–H and O–H groups in total. The number of aliphatic carboxylic acids is 1. The van der Waals surface area contributed by atoms with Gasteiger partial charge in [0.2, 0.25) is 12.7 Å². The van der Waals surface area contributed by atoms with Crippen molar-refractivity contribution in [2.24, 2.45) is 5.92 Å². The zero-order valence-electron chi connectivity index (χ0n) is 27.9. The molecule has 1 saturated heterocycles. The second kappa shape index (κ2) is 14.4. The lowest BCUT2D eigenvalue weighted by atomic mass is 9.84. The van der Waals surface area contributed by atoms with Crippen LogP contribution in [0.5, 0.6) is 11.5 Å². The summed E-state index contributed by atoms with van der Waals surface area (Å²) in [5.41, 5.74) is 3.53. The van der Waals surface area contributed by atoms with Crippen molar-refractivity contribution in [2.45, 2.75) is 77.4 Å². The van der Waals surface area contributed by atoms with Crippen LogP contribution >= 0.6 is 0 Å². The molecule has 3 heterocycles. The Hall–Kier alpha value is -4.44. The number of amides is 2. The van der Waals surface area contributed by atoms with Gasteiger partial charge in [0.25, 0.3) is 5.91 Å². The van der Waals surface area contributed by atoms with Crippen molar-refractivity contribution in [3.05, 3.63) is 88.7 Å². The van der Waals surface area contributed by atoms with E-state index in [1.165, 1.54) is 6.07 Å². The lowest BCUT2D eigenvalue weighted by Crippen LogP contribution is -2.48. The molecule has 0 unspecified atom stereocenters. The van der Waals surface area contributed by atoms with Gasteiger partial charge < -0.3 is 24.4 Å². The van der Waals surface area contributed by atoms with Gasteiger partial charge >= 0.3 is 5.97 Å². The Bertz CT molecular complexity index is 1670. The number of hydrogen-bond donors (Lipinski definition) is 1. The molecule has 1 fully saturated rings. The number of rotatable bonds is 13. The van der Waals surface area contributed by atoms with E-state index >= 15 is 0 Å². The Labute approximate surface area is 281 Å². The number of carboxylic acids is 1. The second-order valence-corrected chi connectivity index (χ2v) is 13.2. The topological polar surface area (TPSA) is 99.6 Å². The molecule has 3 aromatic rings. The Morgan fingerprint density at radius 2 is 1.77 bits per heavy atom. The van der Waals surface area contributed by atoms with Crippen LogP contribution in [0.4, 0.5) is 10.1 Å². The molecule has 3 aromatic carbocycles. The molecule has 0 aliphatic carbocycles. The van der Waals surface area contributed by atoms with E-state index in [2.05, 4.69) is 13.8 Å². The van der Waals surface area contributed by atoms with Crippen molar-refractivity contribution in [3.63, 3.8) is 0 Å². The molecule has 3 aliphatic rings. The van der Waals surface area contributed by atoms with Gasteiger partial charge in [0, 0.05) is 48.9 Å². The van der Waals surface area contributed by atoms with Gasteiger partial charge in [0.15, 0.2) is 11.5 Å². The summed E-state index contributed by atoms with van der Waals surface area (Å²) in [5, 5.41) is 10.7. The number of nitrogens with zero attached hydrogens (tertiary/aromatic N) is 3. The third-order valence-electron chi connectivity index (χ3n) is 10.1. The summed E-state index contributed by atoms with van der Waals surface area (Å²) in [6, 6.07) is 17.2. The monoisotopic (exact) mass is 657 g/mol. The highest BCUT2D eigenvalue weighted by atomic mass is 19.1. The molecule has 2 amide bonds. The first-order valence-electron chi connectivity index (χ1n) is 17.0. The molecule has 0 saturated carbocycles. The van der Waals surface area contributed by atoms with Crippen molar-refractivity contribution in [1.29, 1.82) is 0 Å². The average molecular weight is 658 g/mol. The number of halogens is 1.